The van der Waals surface area contributed by atoms with E-state index in [1.165, 1.54) is 12.3 Å². The van der Waals surface area contributed by atoms with Gasteiger partial charge < -0.3 is 15.2 Å². The van der Waals surface area contributed by atoms with Gasteiger partial charge in [0.05, 0.1) is 12.8 Å². The monoisotopic (exact) mass is 433 g/mol. The van der Waals surface area contributed by atoms with E-state index >= 15 is 0 Å². The Morgan fingerprint density at radius 2 is 1.85 bits per heavy atom. The zero-order valence-corrected chi connectivity index (χ0v) is 16.3. The first kappa shape index (κ1) is 20.4. The van der Waals surface area contributed by atoms with Crippen LogP contribution >= 0.6 is 15.9 Å². The molecule has 8 heteroatoms. The lowest BCUT2D eigenvalue weighted by Crippen LogP contribution is -2.20. The fourth-order valence-corrected chi connectivity index (χ4v) is 2.49. The number of halogens is 1. The quantitative estimate of drug-likeness (QED) is 0.438. The van der Waals surface area contributed by atoms with Gasteiger partial charge in [0.15, 0.2) is 0 Å². The molecule has 0 saturated heterocycles. The number of amides is 2. The minimum atomic E-state index is -0.400. The Balaban J connectivity index is 1.75. The number of hydrazone groups is 1. The number of hydrogen-bond donors (Lipinski definition) is 3. The number of phenols is 1. The number of carbonyl (C=O) groups excluding carboxylic acids is 2. The van der Waals surface area contributed by atoms with E-state index in [2.05, 4.69) is 31.8 Å². The summed E-state index contributed by atoms with van der Waals surface area (Å²) >= 11 is 3.29. The average molecular weight is 434 g/mol. The molecule has 0 saturated carbocycles. The number of nitrogens with zero attached hydrogens (tertiary/aromatic N) is 1. The number of ether oxygens (including phenoxy) is 1. The molecular weight excluding hydrogens is 414 g/mol. The summed E-state index contributed by atoms with van der Waals surface area (Å²) in [5, 5.41) is 16.2. The lowest BCUT2D eigenvalue weighted by atomic mass is 10.2. The van der Waals surface area contributed by atoms with Crippen LogP contribution in [0.5, 0.6) is 11.5 Å². The van der Waals surface area contributed by atoms with Gasteiger partial charge in [-0.05, 0) is 49.4 Å². The third-order valence-electron chi connectivity index (χ3n) is 3.41. The molecule has 0 aromatic heterocycles. The maximum atomic E-state index is 11.9. The van der Waals surface area contributed by atoms with Gasteiger partial charge in [0.2, 0.25) is 11.8 Å². The number of hydrogen-bond acceptors (Lipinski definition) is 5. The molecule has 0 fully saturated rings. The van der Waals surface area contributed by atoms with Crippen molar-refractivity contribution in [3.8, 4) is 11.5 Å². The lowest BCUT2D eigenvalue weighted by Gasteiger charge is -2.07. The molecule has 0 heterocycles. The molecule has 0 radical (unpaired) electrons. The van der Waals surface area contributed by atoms with E-state index in [0.717, 1.165) is 10.2 Å². The minimum absolute atomic E-state index is 0.00926. The van der Waals surface area contributed by atoms with Gasteiger partial charge in [-0.2, -0.15) is 5.10 Å². The van der Waals surface area contributed by atoms with Crippen LogP contribution in [0.1, 0.15) is 25.3 Å². The molecule has 0 aliphatic rings. The lowest BCUT2D eigenvalue weighted by molar-refractivity contribution is -0.124. The Morgan fingerprint density at radius 3 is 2.56 bits per heavy atom. The Labute approximate surface area is 165 Å². The summed E-state index contributed by atoms with van der Waals surface area (Å²) in [6.07, 6.45) is 1.35. The summed E-state index contributed by atoms with van der Waals surface area (Å²) in [7, 11) is 0. The van der Waals surface area contributed by atoms with Crippen LogP contribution in [0.25, 0.3) is 0 Å². The molecule has 2 rings (SSSR count). The van der Waals surface area contributed by atoms with Crippen LogP contribution in [-0.2, 0) is 9.59 Å². The van der Waals surface area contributed by atoms with Gasteiger partial charge in [-0.1, -0.05) is 15.9 Å². The molecule has 2 aromatic carbocycles. The highest BCUT2D eigenvalue weighted by atomic mass is 79.9. The third kappa shape index (κ3) is 7.10. The molecule has 0 aliphatic heterocycles. The number of aromatic hydroxyl groups is 1. The van der Waals surface area contributed by atoms with E-state index in [1.54, 1.807) is 36.4 Å². The second kappa shape index (κ2) is 10.3. The van der Waals surface area contributed by atoms with Gasteiger partial charge in [0.1, 0.15) is 11.5 Å². The second-order valence-electron chi connectivity index (χ2n) is 5.50. The predicted octanol–water partition coefficient (Wildman–Crippen LogP) is 3.42. The number of benzene rings is 2. The number of carbonyl (C=O) groups is 2. The SMILES string of the molecule is CCOc1ccc(NC(=O)CCC(=O)N/N=C/c2cc(Br)ccc2O)cc1. The van der Waals surface area contributed by atoms with Crippen LogP contribution in [0.15, 0.2) is 52.0 Å². The van der Waals surface area contributed by atoms with Gasteiger partial charge >= 0.3 is 0 Å². The van der Waals surface area contributed by atoms with Crippen LogP contribution in [0.4, 0.5) is 5.69 Å². The first-order valence-electron chi connectivity index (χ1n) is 8.31. The molecule has 3 N–H and O–H groups in total. The van der Waals surface area contributed by atoms with Gasteiger partial charge in [0, 0.05) is 28.6 Å². The summed E-state index contributed by atoms with van der Waals surface area (Å²) in [5.41, 5.74) is 3.41. The molecule has 142 valence electrons. The molecular formula is C19H20BrN3O4. The van der Waals surface area contributed by atoms with E-state index in [9.17, 15) is 14.7 Å². The maximum absolute atomic E-state index is 11.9. The summed E-state index contributed by atoms with van der Waals surface area (Å²) in [6.45, 7) is 2.47. The van der Waals surface area contributed by atoms with Crippen LogP contribution in [0, 0.1) is 0 Å². The molecule has 27 heavy (non-hydrogen) atoms. The van der Waals surface area contributed by atoms with E-state index in [0.29, 0.717) is 17.9 Å². The van der Waals surface area contributed by atoms with Crippen molar-refractivity contribution in [3.05, 3.63) is 52.5 Å². The zero-order chi connectivity index (χ0) is 19.6. The Morgan fingerprint density at radius 1 is 1.15 bits per heavy atom. The van der Waals surface area contributed by atoms with Gasteiger partial charge in [-0.25, -0.2) is 5.43 Å². The van der Waals surface area contributed by atoms with Crippen molar-refractivity contribution in [2.75, 3.05) is 11.9 Å². The first-order chi connectivity index (χ1) is 13.0. The zero-order valence-electron chi connectivity index (χ0n) is 14.7. The maximum Gasteiger partial charge on any atom is 0.240 e. The predicted molar refractivity (Wildman–Crippen MR) is 107 cm³/mol. The molecule has 0 atom stereocenters. The fourth-order valence-electron chi connectivity index (χ4n) is 2.11. The smallest absolute Gasteiger partial charge is 0.240 e. The Bertz CT molecular complexity index is 822. The summed E-state index contributed by atoms with van der Waals surface area (Å²) < 4.78 is 6.11. The molecule has 2 amide bonds. The first-order valence-corrected chi connectivity index (χ1v) is 9.10. The highest BCUT2D eigenvalue weighted by molar-refractivity contribution is 9.10. The third-order valence-corrected chi connectivity index (χ3v) is 3.90. The molecule has 0 unspecified atom stereocenters. The number of phenolic OH excluding ortho intramolecular Hbond substituents is 1. The summed E-state index contributed by atoms with van der Waals surface area (Å²) in [6, 6.07) is 11.9. The van der Waals surface area contributed by atoms with Crippen molar-refractivity contribution in [3.63, 3.8) is 0 Å². The van der Waals surface area contributed by atoms with Gasteiger partial charge in [-0.3, -0.25) is 9.59 Å². The van der Waals surface area contributed by atoms with Crippen molar-refractivity contribution in [2.45, 2.75) is 19.8 Å². The summed E-state index contributed by atoms with van der Waals surface area (Å²) in [4.78, 5) is 23.7. The fraction of sp³-hybridized carbons (Fsp3) is 0.211. The van der Waals surface area contributed by atoms with Crippen LogP contribution in [-0.4, -0.2) is 29.7 Å². The standard InChI is InChI=1S/C19H20BrN3O4/c1-2-27-16-6-4-15(5-7-16)22-18(25)9-10-19(26)23-21-12-13-11-14(20)3-8-17(13)24/h3-8,11-12,24H,2,9-10H2,1H3,(H,22,25)(H,23,26)/b21-12+. The number of rotatable bonds is 8. The second-order valence-corrected chi connectivity index (χ2v) is 6.42. The van der Waals surface area contributed by atoms with E-state index in [4.69, 9.17) is 4.74 Å². The largest absolute Gasteiger partial charge is 0.507 e. The van der Waals surface area contributed by atoms with Crippen LogP contribution < -0.4 is 15.5 Å². The normalized spacial score (nSPS) is 10.6. The Kier molecular flexibility index (Phi) is 7.81. The molecule has 7 nitrogen and oxygen atoms in total. The minimum Gasteiger partial charge on any atom is -0.507 e. The molecule has 0 spiro atoms. The topological polar surface area (TPSA) is 100 Å². The van der Waals surface area contributed by atoms with Crippen molar-refractivity contribution < 1.29 is 19.4 Å². The Hall–Kier alpha value is -2.87. The molecule has 0 bridgehead atoms. The summed E-state index contributed by atoms with van der Waals surface area (Å²) in [5.74, 6) is 0.0978. The highest BCUT2D eigenvalue weighted by Gasteiger charge is 2.07. The van der Waals surface area contributed by atoms with E-state index in [-0.39, 0.29) is 24.5 Å². The van der Waals surface area contributed by atoms with E-state index in [1.807, 2.05) is 6.92 Å². The van der Waals surface area contributed by atoms with Crippen molar-refractivity contribution >= 4 is 39.6 Å². The van der Waals surface area contributed by atoms with Crippen molar-refractivity contribution in [2.24, 2.45) is 5.10 Å². The number of nitrogens with one attached hydrogen (secondary N) is 2. The van der Waals surface area contributed by atoms with E-state index < -0.39 is 5.91 Å². The highest BCUT2D eigenvalue weighted by Crippen LogP contribution is 2.20. The van der Waals surface area contributed by atoms with Crippen molar-refractivity contribution in [1.82, 2.24) is 5.43 Å². The van der Waals surface area contributed by atoms with Crippen molar-refractivity contribution in [1.29, 1.82) is 0 Å². The van der Waals surface area contributed by atoms with Crippen LogP contribution in [0.2, 0.25) is 0 Å². The van der Waals surface area contributed by atoms with Crippen LogP contribution in [0.3, 0.4) is 0 Å². The van der Waals surface area contributed by atoms with Gasteiger partial charge in [-0.15, -0.1) is 0 Å². The molecule has 0 aliphatic carbocycles. The number of anilines is 1. The average Bonchev–Trinajstić information content (AvgIpc) is 2.65. The van der Waals surface area contributed by atoms with Gasteiger partial charge in [0.25, 0.3) is 0 Å². The molecule has 2 aromatic rings.